The topological polar surface area (TPSA) is 250 Å². The van der Waals surface area contributed by atoms with Gasteiger partial charge in [-0.15, -0.1) is 0 Å². The molecule has 0 atom stereocenters. The molecule has 0 aromatic heterocycles. The van der Waals surface area contributed by atoms with Crippen molar-refractivity contribution in [3.8, 4) is 11.5 Å². The highest BCUT2D eigenvalue weighted by molar-refractivity contribution is 5.77. The van der Waals surface area contributed by atoms with Crippen molar-refractivity contribution in [1.29, 1.82) is 0 Å². The molecule has 1 aromatic rings. The maximum Gasteiger partial charge on any atom is 0.317 e. The van der Waals surface area contributed by atoms with Gasteiger partial charge < -0.3 is 40.3 Å². The monoisotopic (exact) mass is 698 g/mol. The van der Waals surface area contributed by atoms with Crippen LogP contribution in [0, 0.1) is 0 Å². The van der Waals surface area contributed by atoms with Crippen molar-refractivity contribution < 1.29 is 63.8 Å². The minimum atomic E-state index is -1.18. The fourth-order valence-corrected chi connectivity index (χ4v) is 4.97. The van der Waals surface area contributed by atoms with E-state index in [9.17, 15) is 44.1 Å². The predicted octanol–water partition coefficient (Wildman–Crippen LogP) is -2.49. The molecule has 0 unspecified atom stereocenters. The van der Waals surface area contributed by atoms with E-state index in [2.05, 4.69) is 5.32 Å². The van der Waals surface area contributed by atoms with Crippen molar-refractivity contribution in [2.45, 2.75) is 0 Å². The van der Waals surface area contributed by atoms with Gasteiger partial charge in [-0.3, -0.25) is 53.3 Å². The van der Waals surface area contributed by atoms with Crippen molar-refractivity contribution in [1.82, 2.24) is 29.8 Å². The number of hydrogen-bond donors (Lipinski definition) is 6. The van der Waals surface area contributed by atoms with E-state index in [4.69, 9.17) is 19.7 Å². The quantitative estimate of drug-likeness (QED) is 0.0824. The predicted molar refractivity (Wildman–Crippen MR) is 171 cm³/mol. The standard InChI is InChI=1S/C30H46N6O13/c37-25(22-49-24-4-2-1-3-23(24)48-16-15-36(20-29(44)45)21-30(46)47)31-5-6-32-7-9-33(17-26(38)39)11-13-35(19-28(42)43)14-12-34(10-8-32)18-27(40)41/h1-4H,5-22H2,(H,31,37)(H,38,39)(H,40,41)(H,42,43)(H,44,45)(H,46,47). The van der Waals surface area contributed by atoms with Gasteiger partial charge in [0.25, 0.3) is 5.91 Å². The van der Waals surface area contributed by atoms with Gasteiger partial charge in [0, 0.05) is 72.0 Å². The Balaban J connectivity index is 1.94. The van der Waals surface area contributed by atoms with Crippen LogP contribution in [0.4, 0.5) is 0 Å². The molecule has 274 valence electrons. The van der Waals surface area contributed by atoms with Gasteiger partial charge in [0.05, 0.1) is 32.7 Å². The highest BCUT2D eigenvalue weighted by Gasteiger charge is 2.20. The van der Waals surface area contributed by atoms with Gasteiger partial charge in [0.15, 0.2) is 18.1 Å². The molecular formula is C30H46N6O13. The Morgan fingerprint density at radius 1 is 0.612 bits per heavy atom. The molecule has 0 aliphatic carbocycles. The summed E-state index contributed by atoms with van der Waals surface area (Å²) in [6.07, 6.45) is 0. The number of para-hydroxylation sites is 2. The Morgan fingerprint density at radius 2 is 1.02 bits per heavy atom. The zero-order chi connectivity index (χ0) is 36.2. The van der Waals surface area contributed by atoms with Crippen LogP contribution in [0.1, 0.15) is 0 Å². The highest BCUT2D eigenvalue weighted by atomic mass is 16.5. The molecule has 1 heterocycles. The van der Waals surface area contributed by atoms with Gasteiger partial charge in [0.1, 0.15) is 6.61 Å². The van der Waals surface area contributed by atoms with E-state index in [1.807, 2.05) is 4.90 Å². The van der Waals surface area contributed by atoms with Crippen molar-refractivity contribution in [2.75, 3.05) is 118 Å². The molecule has 0 saturated carbocycles. The maximum atomic E-state index is 12.6. The average molecular weight is 699 g/mol. The number of carbonyl (C=O) groups is 6. The lowest BCUT2D eigenvalue weighted by Crippen LogP contribution is -2.49. The summed E-state index contributed by atoms with van der Waals surface area (Å²) in [7, 11) is 0. The van der Waals surface area contributed by atoms with E-state index in [0.717, 1.165) is 0 Å². The van der Waals surface area contributed by atoms with Crippen molar-refractivity contribution in [3.05, 3.63) is 24.3 Å². The van der Waals surface area contributed by atoms with Crippen LogP contribution in [-0.2, 0) is 28.8 Å². The number of carboxylic acids is 5. The van der Waals surface area contributed by atoms with E-state index in [-0.39, 0.29) is 57.4 Å². The second kappa shape index (κ2) is 22.1. The van der Waals surface area contributed by atoms with Crippen LogP contribution in [0.2, 0.25) is 0 Å². The molecule has 1 aromatic carbocycles. The van der Waals surface area contributed by atoms with Crippen LogP contribution in [0.3, 0.4) is 0 Å². The summed E-state index contributed by atoms with van der Waals surface area (Å²) < 4.78 is 11.3. The first-order valence-corrected chi connectivity index (χ1v) is 15.6. The number of carboxylic acid groups (broad SMARTS) is 5. The van der Waals surface area contributed by atoms with E-state index in [0.29, 0.717) is 58.9 Å². The number of amides is 1. The zero-order valence-corrected chi connectivity index (χ0v) is 27.3. The Hall–Kier alpha value is -4.56. The summed E-state index contributed by atoms with van der Waals surface area (Å²) in [4.78, 5) is 77.2. The molecule has 0 radical (unpaired) electrons. The molecule has 0 bridgehead atoms. The number of nitrogens with one attached hydrogen (secondary N) is 1. The maximum absolute atomic E-state index is 12.6. The molecule has 1 aliphatic rings. The average Bonchev–Trinajstić information content (AvgIpc) is 3.00. The summed E-state index contributed by atoms with van der Waals surface area (Å²) in [6, 6.07) is 6.52. The van der Waals surface area contributed by atoms with Crippen LogP contribution in [0.15, 0.2) is 24.3 Å². The molecule has 19 nitrogen and oxygen atoms in total. The SMILES string of the molecule is O=C(O)CN1CCN(CCNC(=O)COc2ccccc2OCCN(CC(=O)O)CC(=O)O)CCN(CC(=O)O)CCN(CC(=O)O)CC1. The van der Waals surface area contributed by atoms with Crippen LogP contribution < -0.4 is 14.8 Å². The number of carbonyl (C=O) groups excluding carboxylic acids is 1. The number of ether oxygens (including phenoxy) is 2. The van der Waals surface area contributed by atoms with Crippen LogP contribution in [0.5, 0.6) is 11.5 Å². The summed E-state index contributed by atoms with van der Waals surface area (Å²) in [6.45, 7) is 1.29. The van der Waals surface area contributed by atoms with E-state index < -0.39 is 48.8 Å². The fourth-order valence-electron chi connectivity index (χ4n) is 4.97. The Kier molecular flexibility index (Phi) is 18.4. The Bertz CT molecular complexity index is 1200. The molecule has 1 fully saturated rings. The van der Waals surface area contributed by atoms with E-state index >= 15 is 0 Å². The van der Waals surface area contributed by atoms with Gasteiger partial charge in [-0.25, -0.2) is 0 Å². The number of nitrogens with zero attached hydrogens (tertiary/aromatic N) is 5. The molecule has 1 amide bonds. The Labute approximate surface area is 283 Å². The van der Waals surface area contributed by atoms with Gasteiger partial charge >= 0.3 is 29.8 Å². The molecular weight excluding hydrogens is 652 g/mol. The van der Waals surface area contributed by atoms with E-state index in [1.165, 1.54) is 4.90 Å². The zero-order valence-electron chi connectivity index (χ0n) is 27.3. The first-order chi connectivity index (χ1) is 23.3. The number of hydrogen-bond acceptors (Lipinski definition) is 13. The lowest BCUT2D eigenvalue weighted by molar-refractivity contribution is -0.142. The molecule has 49 heavy (non-hydrogen) atoms. The molecule has 1 saturated heterocycles. The molecule has 6 N–H and O–H groups in total. The first kappa shape index (κ1) is 40.6. The highest BCUT2D eigenvalue weighted by Crippen LogP contribution is 2.26. The van der Waals surface area contributed by atoms with Crippen LogP contribution >= 0.6 is 0 Å². The second-order valence-corrected chi connectivity index (χ2v) is 11.3. The lowest BCUT2D eigenvalue weighted by atomic mass is 10.3. The van der Waals surface area contributed by atoms with Crippen LogP contribution in [-0.4, -0.2) is 204 Å². The summed E-state index contributed by atoms with van der Waals surface area (Å²) in [5.41, 5.74) is 0. The lowest BCUT2D eigenvalue weighted by Gasteiger charge is -2.33. The summed E-state index contributed by atoms with van der Waals surface area (Å²) in [5, 5.41) is 48.8. The van der Waals surface area contributed by atoms with Crippen molar-refractivity contribution in [3.63, 3.8) is 0 Å². The molecule has 2 rings (SSSR count). The van der Waals surface area contributed by atoms with Crippen molar-refractivity contribution in [2.24, 2.45) is 0 Å². The van der Waals surface area contributed by atoms with Gasteiger partial charge in [-0.05, 0) is 12.1 Å². The normalized spacial score (nSPS) is 15.9. The third kappa shape index (κ3) is 18.5. The van der Waals surface area contributed by atoms with Gasteiger partial charge in [-0.2, -0.15) is 0 Å². The van der Waals surface area contributed by atoms with E-state index in [1.54, 1.807) is 39.0 Å². The molecule has 0 spiro atoms. The summed E-state index contributed by atoms with van der Waals surface area (Å²) in [5.74, 6) is -5.32. The van der Waals surface area contributed by atoms with Gasteiger partial charge in [-0.1, -0.05) is 12.1 Å². The first-order valence-electron chi connectivity index (χ1n) is 15.6. The minimum Gasteiger partial charge on any atom is -0.488 e. The number of aliphatic carboxylic acids is 5. The number of rotatable bonds is 20. The minimum absolute atomic E-state index is 0.0230. The summed E-state index contributed by atoms with van der Waals surface area (Å²) >= 11 is 0. The third-order valence-electron chi connectivity index (χ3n) is 7.35. The Morgan fingerprint density at radius 3 is 1.43 bits per heavy atom. The van der Waals surface area contributed by atoms with Crippen molar-refractivity contribution >= 4 is 35.8 Å². The van der Waals surface area contributed by atoms with Gasteiger partial charge in [0.2, 0.25) is 0 Å². The molecule has 19 heteroatoms. The molecule has 1 aliphatic heterocycles. The van der Waals surface area contributed by atoms with Crippen LogP contribution in [0.25, 0.3) is 0 Å². The largest absolute Gasteiger partial charge is 0.488 e. The fraction of sp³-hybridized carbons (Fsp3) is 0.600. The smallest absolute Gasteiger partial charge is 0.317 e. The second-order valence-electron chi connectivity index (χ2n) is 11.3. The number of benzene rings is 1. The third-order valence-corrected chi connectivity index (χ3v) is 7.35.